The molecule has 0 bridgehead atoms. The smallest absolute Gasteiger partial charge is 0.256 e. The molecule has 0 unspecified atom stereocenters. The fourth-order valence-electron chi connectivity index (χ4n) is 4.61. The molecule has 0 N–H and O–H groups in total. The highest BCUT2D eigenvalue weighted by molar-refractivity contribution is 7.94. The molecule has 1 heterocycles. The van der Waals surface area contributed by atoms with E-state index in [-0.39, 0.29) is 17.9 Å². The van der Waals surface area contributed by atoms with Gasteiger partial charge in [-0.05, 0) is 43.2 Å². The lowest BCUT2D eigenvalue weighted by molar-refractivity contribution is -0.142. The minimum Gasteiger partial charge on any atom is -0.375 e. The molecule has 4 rings (SSSR count). The molecular weight excluding hydrogens is 474 g/mol. The summed E-state index contributed by atoms with van der Waals surface area (Å²) in [6.45, 7) is 3.10. The predicted octanol–water partition coefficient (Wildman–Crippen LogP) is 4.59. The van der Waals surface area contributed by atoms with Gasteiger partial charge in [0.25, 0.3) is 5.91 Å². The zero-order valence-corrected chi connectivity index (χ0v) is 21.4. The van der Waals surface area contributed by atoms with Crippen molar-refractivity contribution in [3.63, 3.8) is 0 Å². The molecule has 0 saturated carbocycles. The summed E-state index contributed by atoms with van der Waals surface area (Å²) in [6.07, 6.45) is 0.700. The van der Waals surface area contributed by atoms with Crippen LogP contribution in [0.2, 0.25) is 0 Å². The average molecular weight is 504 g/mol. The first-order chi connectivity index (χ1) is 17.2. The van der Waals surface area contributed by atoms with E-state index in [4.69, 9.17) is 4.74 Å². The quantitative estimate of drug-likeness (QED) is 0.441. The number of ether oxygens (including phenoxy) is 1. The van der Waals surface area contributed by atoms with Crippen molar-refractivity contribution in [1.82, 2.24) is 4.90 Å². The number of carbonyl (C=O) groups is 2. The van der Waals surface area contributed by atoms with Crippen molar-refractivity contribution < 1.29 is 22.7 Å². The Morgan fingerprint density at radius 3 is 2.14 bits per heavy atom. The van der Waals surface area contributed by atoms with Gasteiger partial charge in [0, 0.05) is 13.5 Å². The van der Waals surface area contributed by atoms with Crippen molar-refractivity contribution >= 4 is 27.6 Å². The Bertz CT molecular complexity index is 1380. The first kappa shape index (κ1) is 25.5. The Kier molecular flexibility index (Phi) is 7.24. The summed E-state index contributed by atoms with van der Waals surface area (Å²) in [5.74, 6) is -1.50. The van der Waals surface area contributed by atoms with Crippen LogP contribution in [0.5, 0.6) is 0 Å². The van der Waals surface area contributed by atoms with Crippen molar-refractivity contribution in [2.45, 2.75) is 42.6 Å². The highest BCUT2D eigenvalue weighted by Gasteiger charge is 2.62. The zero-order chi connectivity index (χ0) is 25.9. The molecule has 1 saturated heterocycles. The predicted molar refractivity (Wildman–Crippen MR) is 139 cm³/mol. The number of rotatable bonds is 7. The summed E-state index contributed by atoms with van der Waals surface area (Å²) >= 11 is 0. The van der Waals surface area contributed by atoms with E-state index in [0.29, 0.717) is 5.70 Å². The summed E-state index contributed by atoms with van der Waals surface area (Å²) in [4.78, 5) is 28.8. The van der Waals surface area contributed by atoms with E-state index in [2.05, 4.69) is 0 Å². The monoisotopic (exact) mass is 503 g/mol. The van der Waals surface area contributed by atoms with Crippen LogP contribution in [0.4, 0.5) is 0 Å². The largest absolute Gasteiger partial charge is 0.375 e. The number of carbonyl (C=O) groups excluding carboxylic acids is 2. The molecule has 1 aliphatic heterocycles. The lowest BCUT2D eigenvalue weighted by atomic mass is 9.87. The van der Waals surface area contributed by atoms with Gasteiger partial charge in [0.2, 0.25) is 4.75 Å². The lowest BCUT2D eigenvalue weighted by Crippen LogP contribution is -2.64. The maximum absolute atomic E-state index is 14.3. The molecule has 6 nitrogen and oxygen atoms in total. The van der Waals surface area contributed by atoms with Gasteiger partial charge >= 0.3 is 0 Å². The number of hydrogen-bond acceptors (Lipinski definition) is 5. The number of ketones is 1. The molecule has 1 aliphatic rings. The van der Waals surface area contributed by atoms with E-state index >= 15 is 0 Å². The molecule has 3 aromatic carbocycles. The number of amides is 1. The van der Waals surface area contributed by atoms with Gasteiger partial charge in [-0.2, -0.15) is 0 Å². The number of sulfone groups is 1. The summed E-state index contributed by atoms with van der Waals surface area (Å²) in [6, 6.07) is 24.9. The number of aryl methyl sites for hydroxylation is 1. The van der Waals surface area contributed by atoms with Crippen molar-refractivity contribution in [2.24, 2.45) is 0 Å². The molecule has 0 spiro atoms. The summed E-state index contributed by atoms with van der Waals surface area (Å²) < 4.78 is 31.6. The Morgan fingerprint density at radius 1 is 1.00 bits per heavy atom. The minimum absolute atomic E-state index is 0.0679. The standard InChI is InChI=1S/C29H29NO5S/c1-21-14-16-25(17-15-21)36(33,34)29(22(2)31)19-27(35-3)26(18-23-10-6-4-7-11-23)30(28(29)32)20-24-12-8-5-9-13-24/h4-18,27H,19-20H2,1-3H3/b26-18+/t27-,29+/m0/s1. The maximum atomic E-state index is 14.3. The van der Waals surface area contributed by atoms with Gasteiger partial charge in [-0.15, -0.1) is 0 Å². The normalized spacial score (nSPS) is 21.5. The van der Waals surface area contributed by atoms with Gasteiger partial charge in [-0.25, -0.2) is 8.42 Å². The van der Waals surface area contributed by atoms with E-state index in [0.717, 1.165) is 16.7 Å². The molecular formula is C29H29NO5S. The van der Waals surface area contributed by atoms with Crippen molar-refractivity contribution in [3.05, 3.63) is 107 Å². The van der Waals surface area contributed by atoms with Crippen LogP contribution in [-0.4, -0.2) is 43.0 Å². The second-order valence-electron chi connectivity index (χ2n) is 8.98. The van der Waals surface area contributed by atoms with Crippen LogP contribution in [-0.2, 0) is 30.7 Å². The first-order valence-electron chi connectivity index (χ1n) is 11.7. The summed E-state index contributed by atoms with van der Waals surface area (Å²) in [7, 11) is -2.94. The van der Waals surface area contributed by atoms with Crippen molar-refractivity contribution in [1.29, 1.82) is 0 Å². The maximum Gasteiger partial charge on any atom is 0.256 e. The summed E-state index contributed by atoms with van der Waals surface area (Å²) in [5, 5.41) is 0. The van der Waals surface area contributed by atoms with Crippen LogP contribution in [0, 0.1) is 6.92 Å². The third kappa shape index (κ3) is 4.52. The SMILES string of the molecule is CO[C@H]1C[C@](C(C)=O)(S(=O)(=O)c2ccc(C)cc2)C(=O)N(Cc2ccccc2)/C1=C/c1ccccc1. The van der Waals surface area contributed by atoms with Crippen LogP contribution in [0.1, 0.15) is 30.0 Å². The molecule has 7 heteroatoms. The number of hydrogen-bond donors (Lipinski definition) is 0. The van der Waals surface area contributed by atoms with Crippen LogP contribution in [0.3, 0.4) is 0 Å². The first-order valence-corrected chi connectivity index (χ1v) is 13.2. The molecule has 1 amide bonds. The zero-order valence-electron chi connectivity index (χ0n) is 20.5. The van der Waals surface area contributed by atoms with Crippen molar-refractivity contribution in [3.8, 4) is 0 Å². The third-order valence-corrected chi connectivity index (χ3v) is 9.08. The van der Waals surface area contributed by atoms with Gasteiger partial charge in [0.15, 0.2) is 15.6 Å². The Hall–Kier alpha value is -3.55. The molecule has 36 heavy (non-hydrogen) atoms. The number of Topliss-reactive ketones (excluding diaryl/α,β-unsaturated/α-hetero) is 1. The third-order valence-electron chi connectivity index (χ3n) is 6.65. The molecule has 1 fully saturated rings. The molecule has 3 aromatic rings. The van der Waals surface area contributed by atoms with Crippen LogP contribution >= 0.6 is 0 Å². The topological polar surface area (TPSA) is 80.8 Å². The van der Waals surface area contributed by atoms with Crippen LogP contribution in [0.25, 0.3) is 6.08 Å². The molecule has 0 aliphatic carbocycles. The number of likely N-dealkylation sites (tertiary alicyclic amines) is 1. The Morgan fingerprint density at radius 2 is 1.58 bits per heavy atom. The van der Waals surface area contributed by atoms with Gasteiger partial charge in [0.05, 0.1) is 23.2 Å². The fraction of sp³-hybridized carbons (Fsp3) is 0.241. The van der Waals surface area contributed by atoms with E-state index in [1.807, 2.05) is 73.7 Å². The van der Waals surface area contributed by atoms with Gasteiger partial charge < -0.3 is 9.64 Å². The van der Waals surface area contributed by atoms with E-state index in [1.165, 1.54) is 31.1 Å². The van der Waals surface area contributed by atoms with E-state index in [1.54, 1.807) is 12.1 Å². The van der Waals surface area contributed by atoms with Gasteiger partial charge in [-0.1, -0.05) is 78.4 Å². The number of nitrogens with zero attached hydrogens (tertiary/aromatic N) is 1. The summed E-state index contributed by atoms with van der Waals surface area (Å²) in [5.41, 5.74) is 3.01. The highest BCUT2D eigenvalue weighted by atomic mass is 32.2. The van der Waals surface area contributed by atoms with E-state index < -0.39 is 32.4 Å². The highest BCUT2D eigenvalue weighted by Crippen LogP contribution is 2.42. The van der Waals surface area contributed by atoms with Crippen LogP contribution < -0.4 is 0 Å². The van der Waals surface area contributed by atoms with E-state index in [9.17, 15) is 18.0 Å². The second-order valence-corrected chi connectivity index (χ2v) is 11.2. The Balaban J connectivity index is 1.92. The molecule has 0 aromatic heterocycles. The fourth-order valence-corrected chi connectivity index (χ4v) is 6.60. The average Bonchev–Trinajstić information content (AvgIpc) is 2.87. The number of piperidine rings is 1. The van der Waals surface area contributed by atoms with Crippen LogP contribution in [0.15, 0.2) is 95.5 Å². The van der Waals surface area contributed by atoms with Crippen molar-refractivity contribution in [2.75, 3.05) is 7.11 Å². The molecule has 186 valence electrons. The number of methoxy groups -OCH3 is 1. The molecule has 0 radical (unpaired) electrons. The second kappa shape index (κ2) is 10.2. The number of benzene rings is 3. The van der Waals surface area contributed by atoms with Gasteiger partial charge in [0.1, 0.15) is 0 Å². The lowest BCUT2D eigenvalue weighted by Gasteiger charge is -2.44. The Labute approximate surface area is 212 Å². The minimum atomic E-state index is -4.40. The molecule has 2 atom stereocenters. The van der Waals surface area contributed by atoms with Gasteiger partial charge in [-0.3, -0.25) is 9.59 Å².